The minimum Gasteiger partial charge on any atom is -0.465 e. The van der Waals surface area contributed by atoms with Crippen LogP contribution in [0.4, 0.5) is 0 Å². The van der Waals surface area contributed by atoms with Crippen LogP contribution in [0.2, 0.25) is 0 Å². The molecule has 0 fully saturated rings. The van der Waals surface area contributed by atoms with Gasteiger partial charge in [-0.2, -0.15) is 0 Å². The molecule has 14 heavy (non-hydrogen) atoms. The average Bonchev–Trinajstić information content (AvgIpc) is 2.31. The van der Waals surface area contributed by atoms with Gasteiger partial charge in [0.1, 0.15) is 0 Å². The minimum atomic E-state index is -0.289. The van der Waals surface area contributed by atoms with E-state index < -0.39 is 0 Å². The van der Waals surface area contributed by atoms with Gasteiger partial charge in [-0.25, -0.2) is 4.79 Å². The molecule has 0 N–H and O–H groups in total. The van der Waals surface area contributed by atoms with Crippen molar-refractivity contribution in [1.82, 2.24) is 0 Å². The zero-order valence-corrected chi connectivity index (χ0v) is 9.85. The highest BCUT2D eigenvalue weighted by atomic mass is 32.2. The molecule has 1 aromatic carbocycles. The summed E-state index contributed by atoms with van der Waals surface area (Å²) < 4.78 is 4.56. The predicted octanol–water partition coefficient (Wildman–Crippen LogP) is 3.22. The van der Waals surface area contributed by atoms with E-state index in [0.717, 1.165) is 4.90 Å². The lowest BCUT2D eigenvalue weighted by Crippen LogP contribution is -1.99. The Morgan fingerprint density at radius 2 is 1.71 bits per heavy atom. The van der Waals surface area contributed by atoms with Crippen LogP contribution in [0.3, 0.4) is 0 Å². The van der Waals surface area contributed by atoms with E-state index in [-0.39, 0.29) is 5.97 Å². The summed E-state index contributed by atoms with van der Waals surface area (Å²) in [4.78, 5) is 12.1. The Morgan fingerprint density at radius 1 is 1.21 bits per heavy atom. The Kier molecular flexibility index (Phi) is 6.93. The first-order chi connectivity index (χ1) is 6.77. The Bertz CT molecular complexity index is 267. The molecule has 0 radical (unpaired) electrons. The van der Waals surface area contributed by atoms with Gasteiger partial charge in [0.05, 0.1) is 12.7 Å². The van der Waals surface area contributed by atoms with Crippen molar-refractivity contribution >= 4 is 17.7 Å². The van der Waals surface area contributed by atoms with Gasteiger partial charge >= 0.3 is 5.97 Å². The Labute approximate surface area is 89.7 Å². The topological polar surface area (TPSA) is 26.3 Å². The predicted molar refractivity (Wildman–Crippen MR) is 60.9 cm³/mol. The number of esters is 1. The Balaban J connectivity index is 0.000000791. The summed E-state index contributed by atoms with van der Waals surface area (Å²) in [5.74, 6) is -0.289. The third-order valence-corrected chi connectivity index (χ3v) is 2.25. The van der Waals surface area contributed by atoms with Gasteiger partial charge in [-0.15, -0.1) is 11.8 Å². The fourth-order valence-electron chi connectivity index (χ4n) is 0.845. The fraction of sp³-hybridized carbons (Fsp3) is 0.364. The van der Waals surface area contributed by atoms with E-state index in [9.17, 15) is 4.79 Å². The van der Waals surface area contributed by atoms with Crippen molar-refractivity contribution in [3.05, 3.63) is 29.8 Å². The van der Waals surface area contributed by atoms with Crippen LogP contribution < -0.4 is 0 Å². The van der Waals surface area contributed by atoms with Crippen molar-refractivity contribution in [2.24, 2.45) is 0 Å². The second kappa shape index (κ2) is 7.44. The van der Waals surface area contributed by atoms with Gasteiger partial charge in [0.25, 0.3) is 0 Å². The Morgan fingerprint density at radius 3 is 2.07 bits per heavy atom. The fourth-order valence-corrected chi connectivity index (χ4v) is 1.25. The van der Waals surface area contributed by atoms with Crippen LogP contribution in [0.5, 0.6) is 0 Å². The summed E-state index contributed by atoms with van der Waals surface area (Å²) in [5, 5.41) is 0. The van der Waals surface area contributed by atoms with Gasteiger partial charge < -0.3 is 4.74 Å². The first kappa shape index (κ1) is 13.0. The van der Waals surface area contributed by atoms with Crippen molar-refractivity contribution in [2.75, 3.05) is 13.4 Å². The van der Waals surface area contributed by atoms with Crippen LogP contribution in [0.1, 0.15) is 24.2 Å². The van der Waals surface area contributed by atoms with Crippen molar-refractivity contribution in [1.29, 1.82) is 0 Å². The van der Waals surface area contributed by atoms with E-state index in [4.69, 9.17) is 0 Å². The maximum absolute atomic E-state index is 11.0. The van der Waals surface area contributed by atoms with E-state index in [1.807, 2.05) is 32.2 Å². The first-order valence-corrected chi connectivity index (χ1v) is 5.72. The zero-order valence-electron chi connectivity index (χ0n) is 9.03. The number of carbonyl (C=O) groups excluding carboxylic acids is 1. The number of thioether (sulfide) groups is 1. The summed E-state index contributed by atoms with van der Waals surface area (Å²) in [6.45, 7) is 4.00. The molecule has 2 nitrogen and oxygen atoms in total. The molecule has 0 aliphatic heterocycles. The lowest BCUT2D eigenvalue weighted by atomic mass is 10.2. The second-order valence-corrected chi connectivity index (χ2v) is 3.10. The van der Waals surface area contributed by atoms with Crippen molar-refractivity contribution in [2.45, 2.75) is 18.7 Å². The van der Waals surface area contributed by atoms with Gasteiger partial charge in [-0.3, -0.25) is 0 Å². The van der Waals surface area contributed by atoms with E-state index in [2.05, 4.69) is 4.74 Å². The largest absolute Gasteiger partial charge is 0.465 e. The standard InChI is InChI=1S/C9H10O2S.C2H6/c1-11-9(10)7-3-5-8(12-2)6-4-7;1-2/h3-6H,1-2H3;1-2H3. The van der Waals surface area contributed by atoms with Crippen LogP contribution in [0.15, 0.2) is 29.2 Å². The SMILES string of the molecule is CC.COC(=O)c1ccc(SC)cc1. The van der Waals surface area contributed by atoms with E-state index in [0.29, 0.717) is 5.56 Å². The molecule has 0 aliphatic carbocycles. The van der Waals surface area contributed by atoms with Crippen LogP contribution in [0, 0.1) is 0 Å². The molecule has 3 heteroatoms. The summed E-state index contributed by atoms with van der Waals surface area (Å²) in [6, 6.07) is 7.32. The highest BCUT2D eigenvalue weighted by molar-refractivity contribution is 7.98. The summed E-state index contributed by atoms with van der Waals surface area (Å²) in [6.07, 6.45) is 1.99. The molecule has 0 spiro atoms. The summed E-state index contributed by atoms with van der Waals surface area (Å²) >= 11 is 1.64. The number of carbonyl (C=O) groups is 1. The molecule has 0 atom stereocenters. The van der Waals surface area contributed by atoms with Gasteiger partial charge in [-0.1, -0.05) is 13.8 Å². The number of methoxy groups -OCH3 is 1. The average molecular weight is 212 g/mol. The highest BCUT2D eigenvalue weighted by Crippen LogP contribution is 2.14. The van der Waals surface area contributed by atoms with E-state index in [1.165, 1.54) is 7.11 Å². The third-order valence-electron chi connectivity index (χ3n) is 1.51. The molecular formula is C11H16O2S. The molecule has 0 aliphatic rings. The monoisotopic (exact) mass is 212 g/mol. The maximum atomic E-state index is 11.0. The van der Waals surface area contributed by atoms with E-state index >= 15 is 0 Å². The van der Waals surface area contributed by atoms with Gasteiger partial charge in [0.2, 0.25) is 0 Å². The molecular weight excluding hydrogens is 196 g/mol. The third kappa shape index (κ3) is 3.83. The van der Waals surface area contributed by atoms with E-state index in [1.54, 1.807) is 23.9 Å². The minimum absolute atomic E-state index is 0.289. The van der Waals surface area contributed by atoms with Crippen LogP contribution in [-0.4, -0.2) is 19.3 Å². The van der Waals surface area contributed by atoms with Gasteiger partial charge in [-0.05, 0) is 30.5 Å². The maximum Gasteiger partial charge on any atom is 0.337 e. The van der Waals surface area contributed by atoms with Crippen molar-refractivity contribution < 1.29 is 9.53 Å². The molecule has 0 amide bonds. The second-order valence-electron chi connectivity index (χ2n) is 2.22. The molecule has 1 rings (SSSR count). The molecule has 1 aromatic rings. The van der Waals surface area contributed by atoms with Gasteiger partial charge in [0.15, 0.2) is 0 Å². The highest BCUT2D eigenvalue weighted by Gasteiger charge is 2.02. The number of benzene rings is 1. The summed E-state index contributed by atoms with van der Waals surface area (Å²) in [7, 11) is 1.38. The molecule has 0 unspecified atom stereocenters. The molecule has 0 aromatic heterocycles. The normalized spacial score (nSPS) is 8.57. The van der Waals surface area contributed by atoms with Crippen LogP contribution in [-0.2, 0) is 4.74 Å². The van der Waals surface area contributed by atoms with Crippen LogP contribution >= 0.6 is 11.8 Å². The number of ether oxygens (including phenoxy) is 1. The van der Waals surface area contributed by atoms with Crippen molar-refractivity contribution in [3.8, 4) is 0 Å². The van der Waals surface area contributed by atoms with Crippen LogP contribution in [0.25, 0.3) is 0 Å². The molecule has 0 saturated carbocycles. The number of rotatable bonds is 2. The van der Waals surface area contributed by atoms with Gasteiger partial charge in [0, 0.05) is 4.90 Å². The van der Waals surface area contributed by atoms with Crippen molar-refractivity contribution in [3.63, 3.8) is 0 Å². The quantitative estimate of drug-likeness (QED) is 0.556. The lowest BCUT2D eigenvalue weighted by molar-refractivity contribution is 0.0600. The zero-order chi connectivity index (χ0) is 11.0. The summed E-state index contributed by atoms with van der Waals surface area (Å²) in [5.41, 5.74) is 0.593. The molecule has 0 saturated heterocycles. The molecule has 78 valence electrons. The molecule has 0 bridgehead atoms. The first-order valence-electron chi connectivity index (χ1n) is 4.50. The lowest BCUT2D eigenvalue weighted by Gasteiger charge is -1.99. The number of hydrogen-bond acceptors (Lipinski definition) is 3. The number of hydrogen-bond donors (Lipinski definition) is 0. The molecule has 0 heterocycles. The Hall–Kier alpha value is -0.960. The smallest absolute Gasteiger partial charge is 0.337 e.